The zero-order valence-electron chi connectivity index (χ0n) is 13.9. The average Bonchev–Trinajstić information content (AvgIpc) is 3.43. The lowest BCUT2D eigenvalue weighted by Crippen LogP contribution is -2.25. The number of amides is 1. The van der Waals surface area contributed by atoms with Crippen molar-refractivity contribution in [2.75, 3.05) is 12.3 Å². The molecule has 1 aliphatic heterocycles. The molecule has 0 aliphatic carbocycles. The number of carbonyl (C=O) groups is 1. The highest BCUT2D eigenvalue weighted by Gasteiger charge is 2.22. The van der Waals surface area contributed by atoms with Crippen LogP contribution in [0.2, 0.25) is 0 Å². The van der Waals surface area contributed by atoms with Crippen molar-refractivity contribution in [2.45, 2.75) is 18.1 Å². The van der Waals surface area contributed by atoms with Crippen LogP contribution in [0.15, 0.2) is 58.1 Å². The number of carbonyl (C=O) groups excluding carboxylic acids is 1. The van der Waals surface area contributed by atoms with E-state index in [9.17, 15) is 4.79 Å². The zero-order valence-corrected chi connectivity index (χ0v) is 15.5. The second-order valence-corrected chi connectivity index (χ2v) is 7.64. The van der Waals surface area contributed by atoms with Gasteiger partial charge in [0.25, 0.3) is 5.91 Å². The van der Waals surface area contributed by atoms with Crippen LogP contribution in [0.25, 0.3) is 0 Å². The summed E-state index contributed by atoms with van der Waals surface area (Å²) in [6.07, 6.45) is 0.774. The Labute approximate surface area is 158 Å². The van der Waals surface area contributed by atoms with Crippen molar-refractivity contribution in [3.8, 4) is 0 Å². The fourth-order valence-corrected chi connectivity index (χ4v) is 4.05. The zero-order chi connectivity index (χ0) is 17.8. The van der Waals surface area contributed by atoms with Crippen LogP contribution in [-0.2, 0) is 11.3 Å². The van der Waals surface area contributed by atoms with Gasteiger partial charge in [0.1, 0.15) is 0 Å². The molecule has 4 rings (SSSR count). The number of nitrogens with zero attached hydrogens (tertiary/aromatic N) is 6. The average molecular weight is 384 g/mol. The molecule has 0 saturated heterocycles. The summed E-state index contributed by atoms with van der Waals surface area (Å²) in [5.41, 5.74) is 2.02. The Morgan fingerprint density at radius 1 is 1.19 bits per heavy atom. The molecule has 0 atom stereocenters. The van der Waals surface area contributed by atoms with E-state index in [0.717, 1.165) is 17.7 Å². The number of aromatic nitrogens is 4. The van der Waals surface area contributed by atoms with E-state index in [1.165, 1.54) is 16.6 Å². The lowest BCUT2D eigenvalue weighted by Gasteiger charge is -2.10. The molecule has 132 valence electrons. The van der Waals surface area contributed by atoms with Gasteiger partial charge in [-0.3, -0.25) is 4.79 Å². The Kier molecular flexibility index (Phi) is 5.07. The van der Waals surface area contributed by atoms with Crippen LogP contribution in [0.1, 0.15) is 16.9 Å². The van der Waals surface area contributed by atoms with E-state index in [1.54, 1.807) is 21.0 Å². The van der Waals surface area contributed by atoms with E-state index >= 15 is 0 Å². The third-order valence-corrected chi connectivity index (χ3v) is 5.71. The van der Waals surface area contributed by atoms with Crippen LogP contribution >= 0.6 is 23.1 Å². The van der Waals surface area contributed by atoms with Gasteiger partial charge in [0.15, 0.2) is 0 Å². The Hall–Kier alpha value is -2.52. The maximum atomic E-state index is 12.5. The van der Waals surface area contributed by atoms with Crippen LogP contribution in [0, 0.1) is 0 Å². The molecular weight excluding hydrogens is 368 g/mol. The Morgan fingerprint density at radius 2 is 2.08 bits per heavy atom. The van der Waals surface area contributed by atoms with Gasteiger partial charge in [0.2, 0.25) is 5.16 Å². The topological polar surface area (TPSA) is 76.3 Å². The lowest BCUT2D eigenvalue weighted by atomic mass is 10.1. The van der Waals surface area contributed by atoms with Crippen molar-refractivity contribution in [3.05, 3.63) is 58.3 Å². The van der Waals surface area contributed by atoms with Gasteiger partial charge >= 0.3 is 0 Å². The predicted molar refractivity (Wildman–Crippen MR) is 101 cm³/mol. The summed E-state index contributed by atoms with van der Waals surface area (Å²) in [6.45, 7) is 1.23. The molecule has 2 aromatic heterocycles. The molecule has 9 heteroatoms. The number of benzene rings is 1. The monoisotopic (exact) mass is 384 g/mol. The van der Waals surface area contributed by atoms with Gasteiger partial charge < -0.3 is 0 Å². The number of thiophene rings is 1. The highest BCUT2D eigenvalue weighted by atomic mass is 32.2. The number of tetrazole rings is 1. The minimum absolute atomic E-state index is 0.0356. The molecule has 3 aromatic rings. The largest absolute Gasteiger partial charge is 0.272 e. The fourth-order valence-electron chi connectivity index (χ4n) is 2.62. The van der Waals surface area contributed by atoms with Gasteiger partial charge in [0, 0.05) is 11.3 Å². The smallest absolute Gasteiger partial charge is 0.253 e. The summed E-state index contributed by atoms with van der Waals surface area (Å²) >= 11 is 2.99. The molecule has 0 N–H and O–H groups in total. The highest BCUT2D eigenvalue weighted by molar-refractivity contribution is 7.99. The number of hydrazone groups is 1. The van der Waals surface area contributed by atoms with Crippen LogP contribution in [0.3, 0.4) is 0 Å². The molecule has 0 fully saturated rings. The fraction of sp³-hybridized carbons (Fsp3) is 0.235. The van der Waals surface area contributed by atoms with Crippen molar-refractivity contribution in [1.29, 1.82) is 0 Å². The lowest BCUT2D eigenvalue weighted by molar-refractivity contribution is -0.127. The first-order valence-corrected chi connectivity index (χ1v) is 10.0. The van der Waals surface area contributed by atoms with Crippen molar-refractivity contribution >= 4 is 34.7 Å². The summed E-state index contributed by atoms with van der Waals surface area (Å²) < 4.78 is 1.71. The molecule has 7 nitrogen and oxygen atoms in total. The van der Waals surface area contributed by atoms with Crippen LogP contribution in [-0.4, -0.2) is 49.1 Å². The number of rotatable bonds is 6. The second-order valence-electron chi connectivity index (χ2n) is 5.67. The minimum atomic E-state index is -0.0356. The summed E-state index contributed by atoms with van der Waals surface area (Å²) in [5.74, 6) is 0.225. The normalized spacial score (nSPS) is 13.8. The van der Waals surface area contributed by atoms with Gasteiger partial charge in [0.05, 0.1) is 24.6 Å². The van der Waals surface area contributed by atoms with E-state index in [-0.39, 0.29) is 11.7 Å². The maximum absolute atomic E-state index is 12.5. The molecule has 1 aliphatic rings. The maximum Gasteiger partial charge on any atom is 0.253 e. The van der Waals surface area contributed by atoms with Gasteiger partial charge in [-0.15, -0.1) is 16.4 Å². The minimum Gasteiger partial charge on any atom is -0.272 e. The second kappa shape index (κ2) is 7.79. The van der Waals surface area contributed by atoms with Crippen molar-refractivity contribution in [3.63, 3.8) is 0 Å². The first-order chi connectivity index (χ1) is 12.8. The molecule has 0 spiro atoms. The van der Waals surface area contributed by atoms with Gasteiger partial charge in [-0.2, -0.15) is 5.10 Å². The highest BCUT2D eigenvalue weighted by Crippen LogP contribution is 2.19. The molecular formula is C17H16N6OS2. The van der Waals surface area contributed by atoms with E-state index in [4.69, 9.17) is 0 Å². The third-order valence-electron chi connectivity index (χ3n) is 3.91. The van der Waals surface area contributed by atoms with Crippen LogP contribution < -0.4 is 0 Å². The van der Waals surface area contributed by atoms with Crippen molar-refractivity contribution in [1.82, 2.24) is 25.2 Å². The molecule has 26 heavy (non-hydrogen) atoms. The molecule has 0 bridgehead atoms. The summed E-state index contributed by atoms with van der Waals surface area (Å²) in [6, 6.07) is 14.0. The van der Waals surface area contributed by atoms with Gasteiger partial charge in [-0.1, -0.05) is 48.2 Å². The van der Waals surface area contributed by atoms with Crippen LogP contribution in [0.5, 0.6) is 0 Å². The van der Waals surface area contributed by atoms with Gasteiger partial charge in [-0.25, -0.2) is 9.69 Å². The summed E-state index contributed by atoms with van der Waals surface area (Å²) in [5, 5.41) is 20.4. The standard InChI is InChI=1S/C17H16N6OS2/c24-16(22-9-8-15(19-22)13-5-2-1-3-6-13)12-26-17-18-20-21-23(17)11-14-7-4-10-25-14/h1-7,10H,8-9,11-12H2. The first kappa shape index (κ1) is 16.9. The summed E-state index contributed by atoms with van der Waals surface area (Å²) in [7, 11) is 0. The SMILES string of the molecule is O=C(CSc1nnnn1Cc1cccs1)N1CCC(c2ccccc2)=N1. The molecule has 0 saturated carbocycles. The molecule has 3 heterocycles. The molecule has 1 amide bonds. The Balaban J connectivity index is 1.36. The van der Waals surface area contributed by atoms with E-state index in [2.05, 4.69) is 20.6 Å². The van der Waals surface area contributed by atoms with Gasteiger partial charge in [-0.05, 0) is 27.4 Å². The third kappa shape index (κ3) is 3.83. The quantitative estimate of drug-likeness (QED) is 0.611. The molecule has 0 radical (unpaired) electrons. The first-order valence-electron chi connectivity index (χ1n) is 8.14. The number of hydrogen-bond acceptors (Lipinski definition) is 7. The Bertz CT molecular complexity index is 907. The summed E-state index contributed by atoms with van der Waals surface area (Å²) in [4.78, 5) is 13.6. The van der Waals surface area contributed by atoms with Crippen molar-refractivity contribution < 1.29 is 4.79 Å². The molecule has 1 aromatic carbocycles. The van der Waals surface area contributed by atoms with E-state index < -0.39 is 0 Å². The van der Waals surface area contributed by atoms with E-state index in [0.29, 0.717) is 18.2 Å². The number of thioether (sulfide) groups is 1. The van der Waals surface area contributed by atoms with Crippen molar-refractivity contribution in [2.24, 2.45) is 5.10 Å². The van der Waals surface area contributed by atoms with Crippen LogP contribution in [0.4, 0.5) is 0 Å². The number of hydrogen-bond donors (Lipinski definition) is 0. The van der Waals surface area contributed by atoms with E-state index in [1.807, 2.05) is 47.8 Å². The predicted octanol–water partition coefficient (Wildman–Crippen LogP) is 2.51. The molecule has 0 unspecified atom stereocenters. The Morgan fingerprint density at radius 3 is 2.88 bits per heavy atom.